The van der Waals surface area contributed by atoms with Crippen LogP contribution in [0.15, 0.2) is 10.6 Å². The highest BCUT2D eigenvalue weighted by molar-refractivity contribution is 6.00. The highest BCUT2D eigenvalue weighted by atomic mass is 16.5. The monoisotopic (exact) mass is 290 g/mol. The summed E-state index contributed by atoms with van der Waals surface area (Å²) >= 11 is 0. The van der Waals surface area contributed by atoms with Crippen molar-refractivity contribution in [3.05, 3.63) is 40.0 Å². The molecule has 112 valence electrons. The standard InChI is InChI=1S/C15H18N2O4/c1-8-6-12(10(3)17(8)5)13(18)7-20-15(19)14-9(2)16-21-11(14)4/h6H,7H2,1-5H3. The Morgan fingerprint density at radius 2 is 1.95 bits per heavy atom. The average molecular weight is 290 g/mol. The molecule has 0 fully saturated rings. The maximum absolute atomic E-state index is 12.1. The summed E-state index contributed by atoms with van der Waals surface area (Å²) in [6, 6.07) is 1.79. The predicted molar refractivity (Wildman–Crippen MR) is 75.5 cm³/mol. The van der Waals surface area contributed by atoms with Gasteiger partial charge in [0.05, 0.1) is 5.69 Å². The van der Waals surface area contributed by atoms with E-state index in [2.05, 4.69) is 5.16 Å². The topological polar surface area (TPSA) is 74.3 Å². The molecule has 0 amide bonds. The van der Waals surface area contributed by atoms with E-state index < -0.39 is 5.97 Å². The number of nitrogens with zero attached hydrogens (tertiary/aromatic N) is 2. The van der Waals surface area contributed by atoms with Gasteiger partial charge in [-0.2, -0.15) is 0 Å². The quantitative estimate of drug-likeness (QED) is 0.638. The Morgan fingerprint density at radius 3 is 2.43 bits per heavy atom. The first-order chi connectivity index (χ1) is 9.82. The van der Waals surface area contributed by atoms with Gasteiger partial charge in [-0.05, 0) is 33.8 Å². The van der Waals surface area contributed by atoms with Gasteiger partial charge in [0.25, 0.3) is 0 Å². The Hall–Kier alpha value is -2.37. The van der Waals surface area contributed by atoms with Crippen LogP contribution in [0.4, 0.5) is 0 Å². The van der Waals surface area contributed by atoms with Crippen molar-refractivity contribution in [1.82, 2.24) is 9.72 Å². The summed E-state index contributed by atoms with van der Waals surface area (Å²) in [7, 11) is 1.89. The number of ketones is 1. The molecule has 0 bridgehead atoms. The summed E-state index contributed by atoms with van der Waals surface area (Å²) in [6.45, 7) is 6.76. The smallest absolute Gasteiger partial charge is 0.344 e. The first kappa shape index (κ1) is 15.0. The van der Waals surface area contributed by atoms with E-state index in [0.717, 1.165) is 11.4 Å². The summed E-state index contributed by atoms with van der Waals surface area (Å²) in [5.41, 5.74) is 3.14. The zero-order valence-corrected chi connectivity index (χ0v) is 12.8. The zero-order valence-electron chi connectivity index (χ0n) is 12.8. The Bertz CT molecular complexity index is 690. The molecule has 0 saturated carbocycles. The van der Waals surface area contributed by atoms with Crippen LogP contribution in [0, 0.1) is 27.7 Å². The van der Waals surface area contributed by atoms with E-state index in [4.69, 9.17) is 9.26 Å². The van der Waals surface area contributed by atoms with Gasteiger partial charge < -0.3 is 13.8 Å². The SMILES string of the molecule is Cc1noc(C)c1C(=O)OCC(=O)c1cc(C)n(C)c1C. The van der Waals surface area contributed by atoms with Crippen molar-refractivity contribution in [2.45, 2.75) is 27.7 Å². The van der Waals surface area contributed by atoms with Crippen LogP contribution in [-0.4, -0.2) is 28.1 Å². The number of esters is 1. The lowest BCUT2D eigenvalue weighted by molar-refractivity contribution is 0.0472. The van der Waals surface area contributed by atoms with Crippen LogP contribution in [0.25, 0.3) is 0 Å². The van der Waals surface area contributed by atoms with Gasteiger partial charge in [-0.25, -0.2) is 4.79 Å². The second-order valence-electron chi connectivity index (χ2n) is 5.04. The molecule has 21 heavy (non-hydrogen) atoms. The Labute approximate surface area is 122 Å². The van der Waals surface area contributed by atoms with E-state index in [0.29, 0.717) is 17.0 Å². The van der Waals surface area contributed by atoms with Crippen molar-refractivity contribution in [1.29, 1.82) is 0 Å². The summed E-state index contributed by atoms with van der Waals surface area (Å²) < 4.78 is 11.9. The molecule has 0 radical (unpaired) electrons. The van der Waals surface area contributed by atoms with Crippen molar-refractivity contribution in [3.63, 3.8) is 0 Å². The van der Waals surface area contributed by atoms with Gasteiger partial charge in [-0.1, -0.05) is 5.16 Å². The molecule has 2 rings (SSSR count). The zero-order chi connectivity index (χ0) is 15.7. The highest BCUT2D eigenvalue weighted by Gasteiger charge is 2.21. The minimum absolute atomic E-state index is 0.226. The van der Waals surface area contributed by atoms with Crippen molar-refractivity contribution >= 4 is 11.8 Å². The minimum Gasteiger partial charge on any atom is -0.454 e. The third-order valence-corrected chi connectivity index (χ3v) is 3.65. The number of aromatic nitrogens is 2. The average Bonchev–Trinajstić information content (AvgIpc) is 2.90. The molecule has 6 nitrogen and oxygen atoms in total. The number of hydrogen-bond donors (Lipinski definition) is 0. The second-order valence-corrected chi connectivity index (χ2v) is 5.04. The van der Waals surface area contributed by atoms with Crippen LogP contribution in [0.3, 0.4) is 0 Å². The van der Waals surface area contributed by atoms with Crippen LogP contribution in [0.5, 0.6) is 0 Å². The first-order valence-corrected chi connectivity index (χ1v) is 6.59. The van der Waals surface area contributed by atoms with Crippen LogP contribution in [-0.2, 0) is 11.8 Å². The molecular formula is C15H18N2O4. The van der Waals surface area contributed by atoms with Gasteiger partial charge in [-0.3, -0.25) is 4.79 Å². The van der Waals surface area contributed by atoms with Crippen molar-refractivity contribution < 1.29 is 18.8 Å². The van der Waals surface area contributed by atoms with Gasteiger partial charge in [0.15, 0.2) is 6.61 Å². The molecule has 2 heterocycles. The van der Waals surface area contributed by atoms with E-state index in [-0.39, 0.29) is 18.0 Å². The number of rotatable bonds is 4. The lowest BCUT2D eigenvalue weighted by atomic mass is 10.1. The van der Waals surface area contributed by atoms with Gasteiger partial charge in [0.1, 0.15) is 11.3 Å². The molecule has 2 aromatic heterocycles. The fraction of sp³-hybridized carbons (Fsp3) is 0.400. The van der Waals surface area contributed by atoms with Crippen molar-refractivity contribution in [2.24, 2.45) is 7.05 Å². The number of aryl methyl sites for hydroxylation is 3. The van der Waals surface area contributed by atoms with Crippen molar-refractivity contribution in [2.75, 3.05) is 6.61 Å². The van der Waals surface area contributed by atoms with Gasteiger partial charge in [0, 0.05) is 24.0 Å². The highest BCUT2D eigenvalue weighted by Crippen LogP contribution is 2.16. The molecule has 0 spiro atoms. The second kappa shape index (κ2) is 5.55. The molecule has 0 saturated heterocycles. The van der Waals surface area contributed by atoms with Crippen LogP contribution >= 0.6 is 0 Å². The first-order valence-electron chi connectivity index (χ1n) is 6.59. The predicted octanol–water partition coefficient (Wildman–Crippen LogP) is 2.29. The molecule has 0 aliphatic rings. The summed E-state index contributed by atoms with van der Waals surface area (Å²) in [5, 5.41) is 3.69. The normalized spacial score (nSPS) is 10.7. The maximum Gasteiger partial charge on any atom is 0.344 e. The van der Waals surface area contributed by atoms with Gasteiger partial charge in [-0.15, -0.1) is 0 Å². The number of carbonyl (C=O) groups excluding carboxylic acids is 2. The van der Waals surface area contributed by atoms with Crippen LogP contribution in [0.1, 0.15) is 43.6 Å². The Morgan fingerprint density at radius 1 is 1.29 bits per heavy atom. The van der Waals surface area contributed by atoms with E-state index in [1.807, 2.05) is 25.5 Å². The fourth-order valence-electron chi connectivity index (χ4n) is 2.19. The Kier molecular flexibility index (Phi) is 3.97. The molecule has 0 aliphatic carbocycles. The van der Waals surface area contributed by atoms with Crippen LogP contribution < -0.4 is 0 Å². The number of Topliss-reactive ketones (excluding diaryl/α,β-unsaturated/α-hetero) is 1. The lowest BCUT2D eigenvalue weighted by Crippen LogP contribution is -2.15. The van der Waals surface area contributed by atoms with E-state index >= 15 is 0 Å². The largest absolute Gasteiger partial charge is 0.454 e. The number of ether oxygens (including phenoxy) is 1. The van der Waals surface area contributed by atoms with Gasteiger partial charge in [0.2, 0.25) is 5.78 Å². The van der Waals surface area contributed by atoms with E-state index in [1.54, 1.807) is 19.9 Å². The number of hydrogen-bond acceptors (Lipinski definition) is 5. The molecule has 2 aromatic rings. The van der Waals surface area contributed by atoms with Crippen molar-refractivity contribution in [3.8, 4) is 0 Å². The summed E-state index contributed by atoms with van der Waals surface area (Å²) in [5.74, 6) is -0.432. The molecule has 0 aliphatic heterocycles. The maximum atomic E-state index is 12.1. The number of carbonyl (C=O) groups is 2. The molecule has 0 atom stereocenters. The van der Waals surface area contributed by atoms with Gasteiger partial charge >= 0.3 is 5.97 Å². The lowest BCUT2D eigenvalue weighted by Gasteiger charge is -2.04. The molecule has 0 aromatic carbocycles. The van der Waals surface area contributed by atoms with E-state index in [9.17, 15) is 9.59 Å². The summed E-state index contributed by atoms with van der Waals surface area (Å²) in [6.07, 6.45) is 0. The fourth-order valence-corrected chi connectivity index (χ4v) is 2.19. The molecular weight excluding hydrogens is 272 g/mol. The van der Waals surface area contributed by atoms with E-state index in [1.165, 1.54) is 0 Å². The van der Waals surface area contributed by atoms with Crippen LogP contribution in [0.2, 0.25) is 0 Å². The third kappa shape index (κ3) is 2.74. The summed E-state index contributed by atoms with van der Waals surface area (Å²) in [4.78, 5) is 24.1. The molecule has 0 unspecified atom stereocenters. The molecule has 0 N–H and O–H groups in total. The molecule has 6 heteroatoms. The minimum atomic E-state index is -0.593. The Balaban J connectivity index is 2.08. The third-order valence-electron chi connectivity index (χ3n) is 3.65.